The fourth-order valence-corrected chi connectivity index (χ4v) is 3.37. The Morgan fingerprint density at radius 1 is 1.14 bits per heavy atom. The quantitative estimate of drug-likeness (QED) is 0.772. The molecule has 2 aromatic rings. The minimum absolute atomic E-state index is 0.00313. The number of rotatable bonds is 6. The predicted molar refractivity (Wildman–Crippen MR) is 106 cm³/mol. The van der Waals surface area contributed by atoms with Gasteiger partial charge in [0.1, 0.15) is 0 Å². The van der Waals surface area contributed by atoms with Gasteiger partial charge in [-0.3, -0.25) is 4.79 Å². The predicted octanol–water partition coefficient (Wildman–Crippen LogP) is 2.85. The van der Waals surface area contributed by atoms with Gasteiger partial charge in [0, 0.05) is 25.7 Å². The molecule has 6 nitrogen and oxygen atoms in total. The summed E-state index contributed by atoms with van der Waals surface area (Å²) >= 11 is 0. The maximum Gasteiger partial charge on any atom is 0.261 e. The van der Waals surface area contributed by atoms with Crippen LogP contribution in [0.25, 0.3) is 0 Å². The molecule has 0 saturated carbocycles. The van der Waals surface area contributed by atoms with Crippen molar-refractivity contribution in [1.82, 2.24) is 9.80 Å². The van der Waals surface area contributed by atoms with Gasteiger partial charge in [-0.15, -0.1) is 0 Å². The number of likely N-dealkylation sites (N-methyl/N-ethyl adjacent to an activating group) is 1. The number of nitrogens with zero attached hydrogens (tertiary/aromatic N) is 3. The summed E-state index contributed by atoms with van der Waals surface area (Å²) in [7, 11) is 2.07. The minimum Gasteiger partial charge on any atom is -0.490 e. The van der Waals surface area contributed by atoms with Gasteiger partial charge in [-0.25, -0.2) is 0 Å². The van der Waals surface area contributed by atoms with Crippen molar-refractivity contribution < 1.29 is 14.3 Å². The molecule has 1 saturated heterocycles. The monoisotopic (exact) mass is 379 g/mol. The van der Waals surface area contributed by atoms with Crippen LogP contribution in [-0.2, 0) is 4.79 Å². The van der Waals surface area contributed by atoms with E-state index in [9.17, 15) is 4.79 Å². The SMILES string of the molecule is CCOc1cc(C#N)ccc1OCC(=O)N1CCN(C)C[C@@H]1c1ccccc1. The molecule has 1 atom stereocenters. The molecule has 146 valence electrons. The van der Waals surface area contributed by atoms with E-state index in [0.717, 1.165) is 18.7 Å². The second kappa shape index (κ2) is 9.25. The van der Waals surface area contributed by atoms with Crippen LogP contribution in [0.15, 0.2) is 48.5 Å². The summed E-state index contributed by atoms with van der Waals surface area (Å²) in [5.41, 5.74) is 1.61. The highest BCUT2D eigenvalue weighted by Gasteiger charge is 2.30. The molecule has 1 amide bonds. The van der Waals surface area contributed by atoms with Gasteiger partial charge in [-0.05, 0) is 31.7 Å². The summed E-state index contributed by atoms with van der Waals surface area (Å²) in [5, 5.41) is 9.06. The number of piperazine rings is 1. The maximum atomic E-state index is 12.9. The highest BCUT2D eigenvalue weighted by Crippen LogP contribution is 2.29. The van der Waals surface area contributed by atoms with Gasteiger partial charge in [-0.2, -0.15) is 5.26 Å². The van der Waals surface area contributed by atoms with Crippen LogP contribution in [0.5, 0.6) is 11.5 Å². The topological polar surface area (TPSA) is 65.8 Å². The van der Waals surface area contributed by atoms with E-state index in [2.05, 4.69) is 30.1 Å². The van der Waals surface area contributed by atoms with Crippen LogP contribution >= 0.6 is 0 Å². The normalized spacial score (nSPS) is 17.0. The highest BCUT2D eigenvalue weighted by atomic mass is 16.5. The summed E-state index contributed by atoms with van der Waals surface area (Å²) in [6.45, 7) is 4.52. The molecule has 1 aliphatic heterocycles. The molecule has 1 aliphatic rings. The Balaban J connectivity index is 1.72. The molecule has 1 fully saturated rings. The second-order valence-corrected chi connectivity index (χ2v) is 6.77. The summed E-state index contributed by atoms with van der Waals surface area (Å²) < 4.78 is 11.3. The van der Waals surface area contributed by atoms with E-state index in [1.54, 1.807) is 18.2 Å². The smallest absolute Gasteiger partial charge is 0.261 e. The largest absolute Gasteiger partial charge is 0.490 e. The third-order valence-electron chi connectivity index (χ3n) is 4.81. The maximum absolute atomic E-state index is 12.9. The lowest BCUT2D eigenvalue weighted by molar-refractivity contribution is -0.138. The first kappa shape index (κ1) is 19.7. The van der Waals surface area contributed by atoms with E-state index in [0.29, 0.717) is 30.2 Å². The number of nitriles is 1. The Morgan fingerprint density at radius 2 is 1.93 bits per heavy atom. The molecular formula is C22H25N3O3. The molecule has 0 aliphatic carbocycles. The van der Waals surface area contributed by atoms with Crippen molar-refractivity contribution >= 4 is 5.91 Å². The summed E-state index contributed by atoms with van der Waals surface area (Å²) in [5.74, 6) is 0.890. The molecule has 0 radical (unpaired) electrons. The molecule has 2 aromatic carbocycles. The first-order chi connectivity index (χ1) is 13.6. The number of hydrogen-bond donors (Lipinski definition) is 0. The van der Waals surface area contributed by atoms with E-state index in [-0.39, 0.29) is 18.6 Å². The molecule has 0 aromatic heterocycles. The lowest BCUT2D eigenvalue weighted by Gasteiger charge is -2.40. The van der Waals surface area contributed by atoms with Gasteiger partial charge in [0.05, 0.1) is 24.3 Å². The van der Waals surface area contributed by atoms with Gasteiger partial charge in [-0.1, -0.05) is 30.3 Å². The van der Waals surface area contributed by atoms with Crippen molar-refractivity contribution in [2.45, 2.75) is 13.0 Å². The zero-order valence-electron chi connectivity index (χ0n) is 16.3. The van der Waals surface area contributed by atoms with E-state index in [4.69, 9.17) is 14.7 Å². The van der Waals surface area contributed by atoms with Crippen molar-refractivity contribution in [1.29, 1.82) is 5.26 Å². The fourth-order valence-electron chi connectivity index (χ4n) is 3.37. The van der Waals surface area contributed by atoms with Crippen LogP contribution in [-0.4, -0.2) is 55.6 Å². The fraction of sp³-hybridized carbons (Fsp3) is 0.364. The highest BCUT2D eigenvalue weighted by molar-refractivity contribution is 5.78. The number of hydrogen-bond acceptors (Lipinski definition) is 5. The van der Waals surface area contributed by atoms with Gasteiger partial charge in [0.15, 0.2) is 18.1 Å². The van der Waals surface area contributed by atoms with Crippen molar-refractivity contribution in [2.75, 3.05) is 39.9 Å². The van der Waals surface area contributed by atoms with Crippen molar-refractivity contribution in [3.63, 3.8) is 0 Å². The standard InChI is InChI=1S/C22H25N3O3/c1-3-27-21-13-17(14-23)9-10-20(21)28-16-22(26)25-12-11-24(2)15-19(25)18-7-5-4-6-8-18/h4-10,13,19H,3,11-12,15-16H2,1-2H3/t19-/m1/s1. The molecule has 0 bridgehead atoms. The zero-order valence-corrected chi connectivity index (χ0v) is 16.3. The molecule has 0 N–H and O–H groups in total. The van der Waals surface area contributed by atoms with Crippen LogP contribution in [0.1, 0.15) is 24.1 Å². The molecule has 6 heteroatoms. The van der Waals surface area contributed by atoms with E-state index in [1.807, 2.05) is 30.0 Å². The van der Waals surface area contributed by atoms with Crippen LogP contribution in [0.4, 0.5) is 0 Å². The van der Waals surface area contributed by atoms with Crippen LogP contribution in [0.2, 0.25) is 0 Å². The van der Waals surface area contributed by atoms with Gasteiger partial charge in [0.25, 0.3) is 5.91 Å². The minimum atomic E-state index is -0.0704. The number of benzene rings is 2. The number of ether oxygens (including phenoxy) is 2. The lowest BCUT2D eigenvalue weighted by atomic mass is 10.0. The van der Waals surface area contributed by atoms with Gasteiger partial charge >= 0.3 is 0 Å². The molecular weight excluding hydrogens is 354 g/mol. The van der Waals surface area contributed by atoms with Gasteiger partial charge in [0.2, 0.25) is 0 Å². The average Bonchev–Trinajstić information content (AvgIpc) is 2.73. The average molecular weight is 379 g/mol. The summed E-state index contributed by atoms with van der Waals surface area (Å²) in [6.07, 6.45) is 0. The van der Waals surface area contributed by atoms with Crippen molar-refractivity contribution in [3.8, 4) is 17.6 Å². The van der Waals surface area contributed by atoms with E-state index in [1.165, 1.54) is 0 Å². The lowest BCUT2D eigenvalue weighted by Crippen LogP contribution is -2.50. The van der Waals surface area contributed by atoms with Crippen molar-refractivity contribution in [2.24, 2.45) is 0 Å². The molecule has 3 rings (SSSR count). The third-order valence-corrected chi connectivity index (χ3v) is 4.81. The summed E-state index contributed by atoms with van der Waals surface area (Å²) in [4.78, 5) is 17.1. The Morgan fingerprint density at radius 3 is 2.64 bits per heavy atom. The molecule has 0 spiro atoms. The first-order valence-electron chi connectivity index (χ1n) is 9.45. The molecule has 1 heterocycles. The Bertz CT molecular complexity index is 848. The Hall–Kier alpha value is -3.04. The van der Waals surface area contributed by atoms with Crippen molar-refractivity contribution in [3.05, 3.63) is 59.7 Å². The van der Waals surface area contributed by atoms with Gasteiger partial charge < -0.3 is 19.3 Å². The van der Waals surface area contributed by atoms with Crippen LogP contribution < -0.4 is 9.47 Å². The van der Waals surface area contributed by atoms with Crippen LogP contribution in [0.3, 0.4) is 0 Å². The summed E-state index contributed by atoms with van der Waals surface area (Å²) in [6, 6.07) is 17.1. The number of carbonyl (C=O) groups is 1. The number of carbonyl (C=O) groups excluding carboxylic acids is 1. The van der Waals surface area contributed by atoms with E-state index >= 15 is 0 Å². The number of amides is 1. The van der Waals surface area contributed by atoms with Crippen LogP contribution in [0, 0.1) is 11.3 Å². The molecule has 0 unspecified atom stereocenters. The first-order valence-corrected chi connectivity index (χ1v) is 9.45. The third kappa shape index (κ3) is 4.62. The zero-order chi connectivity index (χ0) is 19.9. The second-order valence-electron chi connectivity index (χ2n) is 6.77. The Kier molecular flexibility index (Phi) is 6.51. The Labute approximate surface area is 165 Å². The van der Waals surface area contributed by atoms with E-state index < -0.39 is 0 Å². The molecule has 28 heavy (non-hydrogen) atoms.